The van der Waals surface area contributed by atoms with Crippen LogP contribution >= 0.6 is 0 Å². The van der Waals surface area contributed by atoms with Crippen LogP contribution in [0.4, 0.5) is 0 Å². The molecule has 1 aromatic heterocycles. The third-order valence-electron chi connectivity index (χ3n) is 3.67. The molecule has 2 heterocycles. The summed E-state index contributed by atoms with van der Waals surface area (Å²) >= 11 is 0. The maximum Gasteiger partial charge on any atom is 0.125 e. The predicted octanol–water partition coefficient (Wildman–Crippen LogP) is 2.42. The number of rotatable bonds is 6. The lowest BCUT2D eigenvalue weighted by atomic mass is 10.0. The molecule has 0 spiro atoms. The monoisotopic (exact) mass is 251 g/mol. The van der Waals surface area contributed by atoms with Gasteiger partial charge in [-0.15, -0.1) is 0 Å². The SMILES string of the molecule is CCNC(CCC1CCCCO1)c1nccn1C. The smallest absolute Gasteiger partial charge is 0.125 e. The Morgan fingerprint density at radius 2 is 2.44 bits per heavy atom. The Labute approximate surface area is 110 Å². The molecule has 0 saturated carbocycles. The molecule has 0 aliphatic carbocycles. The van der Waals surface area contributed by atoms with E-state index in [1.807, 2.05) is 12.4 Å². The highest BCUT2D eigenvalue weighted by Crippen LogP contribution is 2.22. The molecule has 1 aromatic rings. The zero-order valence-corrected chi connectivity index (χ0v) is 11.6. The fraction of sp³-hybridized carbons (Fsp3) is 0.786. The van der Waals surface area contributed by atoms with Gasteiger partial charge in [0.25, 0.3) is 0 Å². The molecule has 18 heavy (non-hydrogen) atoms. The fourth-order valence-electron chi connectivity index (χ4n) is 2.67. The second-order valence-electron chi connectivity index (χ2n) is 5.07. The van der Waals surface area contributed by atoms with E-state index in [4.69, 9.17) is 4.74 Å². The van der Waals surface area contributed by atoms with Crippen molar-refractivity contribution in [3.05, 3.63) is 18.2 Å². The minimum atomic E-state index is 0.348. The van der Waals surface area contributed by atoms with Crippen molar-refractivity contribution in [3.63, 3.8) is 0 Å². The second-order valence-corrected chi connectivity index (χ2v) is 5.07. The summed E-state index contributed by atoms with van der Waals surface area (Å²) in [6.45, 7) is 4.06. The average molecular weight is 251 g/mol. The van der Waals surface area contributed by atoms with E-state index in [9.17, 15) is 0 Å². The van der Waals surface area contributed by atoms with Gasteiger partial charge in [0.05, 0.1) is 12.1 Å². The first-order valence-corrected chi connectivity index (χ1v) is 7.13. The molecule has 1 aliphatic rings. The van der Waals surface area contributed by atoms with Crippen molar-refractivity contribution < 1.29 is 4.74 Å². The van der Waals surface area contributed by atoms with Gasteiger partial charge in [-0.2, -0.15) is 0 Å². The molecular weight excluding hydrogens is 226 g/mol. The van der Waals surface area contributed by atoms with E-state index in [1.165, 1.54) is 19.3 Å². The molecule has 2 atom stereocenters. The summed E-state index contributed by atoms with van der Waals surface area (Å²) in [5.74, 6) is 1.13. The normalized spacial score (nSPS) is 22.0. The van der Waals surface area contributed by atoms with E-state index in [-0.39, 0.29) is 0 Å². The Hall–Kier alpha value is -0.870. The van der Waals surface area contributed by atoms with Crippen LogP contribution in [0.15, 0.2) is 12.4 Å². The minimum Gasteiger partial charge on any atom is -0.378 e. The van der Waals surface area contributed by atoms with Gasteiger partial charge in [0, 0.05) is 26.0 Å². The fourth-order valence-corrected chi connectivity index (χ4v) is 2.67. The lowest BCUT2D eigenvalue weighted by Gasteiger charge is -2.25. The molecule has 102 valence electrons. The Morgan fingerprint density at radius 1 is 1.56 bits per heavy atom. The highest BCUT2D eigenvalue weighted by molar-refractivity contribution is 4.98. The number of imidazole rings is 1. The molecule has 1 fully saturated rings. The third kappa shape index (κ3) is 3.56. The van der Waals surface area contributed by atoms with Crippen LogP contribution in [0.5, 0.6) is 0 Å². The first-order chi connectivity index (χ1) is 8.81. The van der Waals surface area contributed by atoms with Gasteiger partial charge in [0.1, 0.15) is 5.82 Å². The van der Waals surface area contributed by atoms with E-state index < -0.39 is 0 Å². The van der Waals surface area contributed by atoms with E-state index in [0.29, 0.717) is 12.1 Å². The number of hydrogen-bond donors (Lipinski definition) is 1. The molecule has 4 heteroatoms. The van der Waals surface area contributed by atoms with Gasteiger partial charge in [0.2, 0.25) is 0 Å². The summed E-state index contributed by atoms with van der Waals surface area (Å²) < 4.78 is 7.91. The standard InChI is InChI=1S/C14H25N3O/c1-3-15-13(14-16-9-10-17(14)2)8-7-12-6-4-5-11-18-12/h9-10,12-13,15H,3-8,11H2,1-2H3. The van der Waals surface area contributed by atoms with Crippen molar-refractivity contribution in [2.75, 3.05) is 13.2 Å². The largest absolute Gasteiger partial charge is 0.378 e. The van der Waals surface area contributed by atoms with E-state index in [1.54, 1.807) is 0 Å². The summed E-state index contributed by atoms with van der Waals surface area (Å²) in [6, 6.07) is 0.348. The molecule has 2 unspecified atom stereocenters. The summed E-state index contributed by atoms with van der Waals surface area (Å²) in [5.41, 5.74) is 0. The van der Waals surface area contributed by atoms with Crippen molar-refractivity contribution in [1.82, 2.24) is 14.9 Å². The van der Waals surface area contributed by atoms with E-state index in [0.717, 1.165) is 31.8 Å². The van der Waals surface area contributed by atoms with Crippen LogP contribution < -0.4 is 5.32 Å². The summed E-state index contributed by atoms with van der Waals surface area (Å²) in [5, 5.41) is 3.53. The Balaban J connectivity index is 1.88. The summed E-state index contributed by atoms with van der Waals surface area (Å²) in [7, 11) is 2.06. The number of hydrogen-bond acceptors (Lipinski definition) is 3. The van der Waals surface area contributed by atoms with Gasteiger partial charge in [-0.1, -0.05) is 6.92 Å². The van der Waals surface area contributed by atoms with Crippen LogP contribution in [0.25, 0.3) is 0 Å². The van der Waals surface area contributed by atoms with Crippen LogP contribution in [0.3, 0.4) is 0 Å². The topological polar surface area (TPSA) is 39.1 Å². The molecular formula is C14H25N3O. The van der Waals surface area contributed by atoms with Crippen molar-refractivity contribution >= 4 is 0 Å². The van der Waals surface area contributed by atoms with Crippen molar-refractivity contribution in [2.45, 2.75) is 51.2 Å². The zero-order valence-electron chi connectivity index (χ0n) is 11.6. The van der Waals surface area contributed by atoms with Gasteiger partial charge in [-0.25, -0.2) is 4.98 Å². The number of nitrogens with one attached hydrogen (secondary N) is 1. The molecule has 2 rings (SSSR count). The molecule has 1 aliphatic heterocycles. The molecule has 0 amide bonds. The lowest BCUT2D eigenvalue weighted by Crippen LogP contribution is -2.26. The van der Waals surface area contributed by atoms with Gasteiger partial charge >= 0.3 is 0 Å². The van der Waals surface area contributed by atoms with Crippen molar-refractivity contribution in [3.8, 4) is 0 Å². The molecule has 1 N–H and O–H groups in total. The second kappa shape index (κ2) is 6.90. The number of aryl methyl sites for hydroxylation is 1. The van der Waals surface area contributed by atoms with Crippen LogP contribution in [0, 0.1) is 0 Å². The van der Waals surface area contributed by atoms with E-state index in [2.05, 4.69) is 28.8 Å². The molecule has 0 bridgehead atoms. The molecule has 0 aromatic carbocycles. The highest BCUT2D eigenvalue weighted by atomic mass is 16.5. The van der Waals surface area contributed by atoms with Gasteiger partial charge < -0.3 is 14.6 Å². The van der Waals surface area contributed by atoms with Crippen LogP contribution in [-0.2, 0) is 11.8 Å². The Kier molecular flexibility index (Phi) is 5.20. The quantitative estimate of drug-likeness (QED) is 0.844. The number of ether oxygens (including phenoxy) is 1. The lowest BCUT2D eigenvalue weighted by molar-refractivity contribution is 0.00839. The van der Waals surface area contributed by atoms with Gasteiger partial charge in [-0.05, 0) is 38.6 Å². The van der Waals surface area contributed by atoms with Crippen LogP contribution in [0.2, 0.25) is 0 Å². The molecule has 1 saturated heterocycles. The van der Waals surface area contributed by atoms with Gasteiger partial charge in [-0.3, -0.25) is 0 Å². The molecule has 4 nitrogen and oxygen atoms in total. The minimum absolute atomic E-state index is 0.348. The number of aromatic nitrogens is 2. The Morgan fingerprint density at radius 3 is 3.06 bits per heavy atom. The van der Waals surface area contributed by atoms with Gasteiger partial charge in [0.15, 0.2) is 0 Å². The zero-order chi connectivity index (χ0) is 12.8. The summed E-state index contributed by atoms with van der Waals surface area (Å²) in [4.78, 5) is 4.46. The maximum atomic E-state index is 5.80. The molecule has 0 radical (unpaired) electrons. The van der Waals surface area contributed by atoms with Crippen molar-refractivity contribution in [2.24, 2.45) is 7.05 Å². The first-order valence-electron chi connectivity index (χ1n) is 7.13. The Bertz CT molecular complexity index is 345. The highest BCUT2D eigenvalue weighted by Gasteiger charge is 2.19. The van der Waals surface area contributed by atoms with E-state index >= 15 is 0 Å². The number of nitrogens with zero attached hydrogens (tertiary/aromatic N) is 2. The first kappa shape index (κ1) is 13.6. The van der Waals surface area contributed by atoms with Crippen LogP contribution in [0.1, 0.15) is 50.9 Å². The maximum absolute atomic E-state index is 5.80. The van der Waals surface area contributed by atoms with Crippen LogP contribution in [-0.4, -0.2) is 28.8 Å². The summed E-state index contributed by atoms with van der Waals surface area (Å²) in [6.07, 6.45) is 10.3. The average Bonchev–Trinajstić information content (AvgIpc) is 2.82. The predicted molar refractivity (Wildman–Crippen MR) is 72.5 cm³/mol. The van der Waals surface area contributed by atoms with Crippen molar-refractivity contribution in [1.29, 1.82) is 0 Å². The third-order valence-corrected chi connectivity index (χ3v) is 3.67.